The van der Waals surface area contributed by atoms with Gasteiger partial charge in [0.2, 0.25) is 5.91 Å². The highest BCUT2D eigenvalue weighted by Crippen LogP contribution is 2.46. The Bertz CT molecular complexity index is 1160. The van der Waals surface area contributed by atoms with E-state index in [9.17, 15) is 23.5 Å². The predicted octanol–water partition coefficient (Wildman–Crippen LogP) is 6.19. The zero-order valence-electron chi connectivity index (χ0n) is 20.5. The molecule has 0 aromatic heterocycles. The molecule has 2 aliphatic heterocycles. The third-order valence-electron chi connectivity index (χ3n) is 8.25. The number of alkyl halides is 2. The fourth-order valence-electron chi connectivity index (χ4n) is 5.80. The first-order valence-corrected chi connectivity index (χ1v) is 13.6. The van der Waals surface area contributed by atoms with Gasteiger partial charge in [-0.15, -0.1) is 0 Å². The number of aliphatic hydroxyl groups is 1. The molecule has 2 aromatic rings. The minimum absolute atomic E-state index is 0.0445. The summed E-state index contributed by atoms with van der Waals surface area (Å²) in [4.78, 5) is 29.2. The van der Waals surface area contributed by atoms with Gasteiger partial charge in [-0.1, -0.05) is 35.3 Å². The number of piperidine rings is 1. The molecule has 3 fully saturated rings. The number of likely N-dealkylation sites (tertiary alicyclic amines) is 2. The Morgan fingerprint density at radius 1 is 0.919 bits per heavy atom. The van der Waals surface area contributed by atoms with Crippen molar-refractivity contribution in [3.05, 3.63) is 57.6 Å². The maximum Gasteiger partial charge on any atom is 0.253 e. The number of halogens is 4. The van der Waals surface area contributed by atoms with E-state index >= 15 is 0 Å². The van der Waals surface area contributed by atoms with E-state index in [0.29, 0.717) is 59.9 Å². The van der Waals surface area contributed by atoms with Gasteiger partial charge in [0.05, 0.1) is 11.5 Å². The van der Waals surface area contributed by atoms with Gasteiger partial charge < -0.3 is 14.9 Å². The molecule has 2 saturated heterocycles. The lowest BCUT2D eigenvalue weighted by Gasteiger charge is -2.34. The molecule has 0 unspecified atom stereocenters. The average molecular weight is 551 g/mol. The van der Waals surface area contributed by atoms with Crippen molar-refractivity contribution < 1.29 is 23.5 Å². The van der Waals surface area contributed by atoms with Crippen molar-refractivity contribution in [2.45, 2.75) is 63.5 Å². The smallest absolute Gasteiger partial charge is 0.253 e. The van der Waals surface area contributed by atoms with Crippen molar-refractivity contribution in [3.8, 4) is 11.1 Å². The van der Waals surface area contributed by atoms with Gasteiger partial charge >= 0.3 is 0 Å². The summed E-state index contributed by atoms with van der Waals surface area (Å²) in [5.74, 6) is -2.84. The first-order valence-electron chi connectivity index (χ1n) is 12.8. The second-order valence-electron chi connectivity index (χ2n) is 10.6. The fraction of sp³-hybridized carbons (Fsp3) is 0.500. The molecule has 1 aliphatic carbocycles. The molecule has 0 bridgehead atoms. The number of aliphatic hydroxyl groups excluding tert-OH is 1. The lowest BCUT2D eigenvalue weighted by molar-refractivity contribution is -0.139. The molecule has 37 heavy (non-hydrogen) atoms. The number of hydrogen-bond donors (Lipinski definition) is 1. The van der Waals surface area contributed by atoms with Crippen LogP contribution in [0.5, 0.6) is 0 Å². The molecular formula is C28H30Cl2F2N2O3. The van der Waals surface area contributed by atoms with E-state index in [0.717, 1.165) is 17.5 Å². The predicted molar refractivity (Wildman–Crippen MR) is 139 cm³/mol. The largest absolute Gasteiger partial charge is 0.393 e. The van der Waals surface area contributed by atoms with Crippen molar-refractivity contribution in [2.75, 3.05) is 19.6 Å². The Labute approximate surface area is 225 Å². The number of nitrogens with zero attached hydrogens (tertiary/aromatic N) is 2. The van der Waals surface area contributed by atoms with Crippen molar-refractivity contribution >= 4 is 35.0 Å². The van der Waals surface area contributed by atoms with Crippen LogP contribution in [0.2, 0.25) is 10.0 Å². The van der Waals surface area contributed by atoms with E-state index < -0.39 is 5.92 Å². The zero-order valence-corrected chi connectivity index (χ0v) is 22.0. The van der Waals surface area contributed by atoms with Crippen LogP contribution in [0, 0.1) is 5.41 Å². The van der Waals surface area contributed by atoms with E-state index in [-0.39, 0.29) is 49.3 Å². The normalized spacial score (nSPS) is 25.6. The third kappa shape index (κ3) is 5.36. The van der Waals surface area contributed by atoms with Crippen LogP contribution in [0.15, 0.2) is 36.4 Å². The molecule has 3 aliphatic rings. The number of rotatable bonds is 4. The van der Waals surface area contributed by atoms with Crippen LogP contribution in [0.4, 0.5) is 8.78 Å². The topological polar surface area (TPSA) is 60.9 Å². The van der Waals surface area contributed by atoms with Gasteiger partial charge in [-0.25, -0.2) is 8.78 Å². The van der Waals surface area contributed by atoms with Crippen molar-refractivity contribution in [3.63, 3.8) is 0 Å². The molecule has 0 radical (unpaired) electrons. The Morgan fingerprint density at radius 3 is 2.11 bits per heavy atom. The highest BCUT2D eigenvalue weighted by molar-refractivity contribution is 6.36. The second kappa shape index (κ2) is 10.2. The molecule has 5 rings (SSSR count). The maximum atomic E-state index is 13.4. The summed E-state index contributed by atoms with van der Waals surface area (Å²) >= 11 is 13.3. The standard InChI is InChI=1S/C28H30Cl2F2N2O3/c29-23-15-20(18-1-3-19(4-2-18)25(36)33-13-10-28(31,32)11-14-33)16-24(30)22(23)17-34-12-9-27(26(34)37)7-5-21(35)6-8-27/h1-4,15-16,21,35H,5-14,17H2/t21-,27+. The molecule has 1 spiro atoms. The first kappa shape index (κ1) is 26.4. The molecule has 5 nitrogen and oxygen atoms in total. The lowest BCUT2D eigenvalue weighted by atomic mass is 9.72. The van der Waals surface area contributed by atoms with Crippen LogP contribution in [0.25, 0.3) is 11.1 Å². The summed E-state index contributed by atoms with van der Waals surface area (Å²) < 4.78 is 26.8. The first-order chi connectivity index (χ1) is 17.6. The number of carbonyl (C=O) groups excluding carboxylic acids is 2. The molecule has 198 valence electrons. The molecule has 2 aromatic carbocycles. The Hall–Kier alpha value is -2.22. The van der Waals surface area contributed by atoms with Gasteiger partial charge in [0.25, 0.3) is 11.8 Å². The van der Waals surface area contributed by atoms with Crippen molar-refractivity contribution in [2.24, 2.45) is 5.41 Å². The SMILES string of the molecule is O=C(c1ccc(-c2cc(Cl)c(CN3CC[C@]4(CC[C@H](O)CC4)C3=O)c(Cl)c2)cc1)N1CCC(F)(F)CC1. The average Bonchev–Trinajstić information content (AvgIpc) is 3.17. The van der Waals surface area contributed by atoms with Gasteiger partial charge in [0, 0.05) is 60.2 Å². The Balaban J connectivity index is 1.27. The quantitative estimate of drug-likeness (QED) is 0.494. The zero-order chi connectivity index (χ0) is 26.4. The van der Waals surface area contributed by atoms with E-state index in [1.807, 2.05) is 4.90 Å². The van der Waals surface area contributed by atoms with Crippen LogP contribution in [-0.2, 0) is 11.3 Å². The van der Waals surface area contributed by atoms with E-state index in [1.54, 1.807) is 36.4 Å². The van der Waals surface area contributed by atoms with Crippen LogP contribution in [0.1, 0.15) is 60.9 Å². The Kier molecular flexibility index (Phi) is 7.24. The summed E-state index contributed by atoms with van der Waals surface area (Å²) in [6.07, 6.45) is 2.60. The molecule has 9 heteroatoms. The van der Waals surface area contributed by atoms with E-state index in [2.05, 4.69) is 0 Å². The van der Waals surface area contributed by atoms with Crippen LogP contribution in [0.3, 0.4) is 0 Å². The van der Waals surface area contributed by atoms with E-state index in [1.165, 1.54) is 4.90 Å². The highest BCUT2D eigenvalue weighted by Gasteiger charge is 2.48. The molecule has 1 saturated carbocycles. The summed E-state index contributed by atoms with van der Waals surface area (Å²) in [6.45, 7) is 1.07. The molecule has 2 heterocycles. The van der Waals surface area contributed by atoms with Gasteiger partial charge in [-0.05, 0) is 67.5 Å². The summed E-state index contributed by atoms with van der Waals surface area (Å²) in [6, 6.07) is 10.6. The fourth-order valence-corrected chi connectivity index (χ4v) is 6.41. The molecule has 0 atom stereocenters. The minimum atomic E-state index is -2.70. The number of hydrogen-bond acceptors (Lipinski definition) is 3. The molecule has 2 amide bonds. The van der Waals surface area contributed by atoms with Gasteiger partial charge in [-0.2, -0.15) is 0 Å². The van der Waals surface area contributed by atoms with Crippen molar-refractivity contribution in [1.82, 2.24) is 9.80 Å². The minimum Gasteiger partial charge on any atom is -0.393 e. The second-order valence-corrected chi connectivity index (χ2v) is 11.4. The number of amides is 2. The summed E-state index contributed by atoms with van der Waals surface area (Å²) in [7, 11) is 0. The van der Waals surface area contributed by atoms with Crippen LogP contribution in [-0.4, -0.2) is 58.4 Å². The van der Waals surface area contributed by atoms with Gasteiger partial charge in [0.15, 0.2) is 0 Å². The van der Waals surface area contributed by atoms with Crippen LogP contribution < -0.4 is 0 Å². The van der Waals surface area contributed by atoms with E-state index in [4.69, 9.17) is 23.2 Å². The number of benzene rings is 2. The summed E-state index contributed by atoms with van der Waals surface area (Å²) in [5, 5.41) is 10.8. The lowest BCUT2D eigenvalue weighted by Crippen LogP contribution is -2.42. The monoisotopic (exact) mass is 550 g/mol. The highest BCUT2D eigenvalue weighted by atomic mass is 35.5. The van der Waals surface area contributed by atoms with Gasteiger partial charge in [0.1, 0.15) is 0 Å². The molecule has 1 N–H and O–H groups in total. The van der Waals surface area contributed by atoms with Crippen LogP contribution >= 0.6 is 23.2 Å². The summed E-state index contributed by atoms with van der Waals surface area (Å²) in [5.41, 5.74) is 2.36. The Morgan fingerprint density at radius 2 is 1.51 bits per heavy atom. The molecular weight excluding hydrogens is 521 g/mol. The maximum absolute atomic E-state index is 13.4. The number of carbonyl (C=O) groups is 2. The van der Waals surface area contributed by atoms with Crippen molar-refractivity contribution in [1.29, 1.82) is 0 Å². The van der Waals surface area contributed by atoms with Gasteiger partial charge in [-0.3, -0.25) is 9.59 Å². The third-order valence-corrected chi connectivity index (χ3v) is 8.93.